The van der Waals surface area contributed by atoms with E-state index >= 15 is 0 Å². The summed E-state index contributed by atoms with van der Waals surface area (Å²) in [5, 5.41) is 14.7. The molecule has 7 nitrogen and oxygen atoms in total. The van der Waals surface area contributed by atoms with Crippen LogP contribution in [-0.2, 0) is 14.4 Å². The smallest absolute Gasteiger partial charge is 0.320 e. The normalized spacial score (nSPS) is 14.7. The van der Waals surface area contributed by atoms with Crippen LogP contribution in [0.25, 0.3) is 0 Å². The van der Waals surface area contributed by atoms with Crippen molar-refractivity contribution in [3.8, 4) is 0 Å². The fraction of sp³-hybridized carbons (Fsp3) is 0.500. The van der Waals surface area contributed by atoms with Gasteiger partial charge in [-0.25, -0.2) is 0 Å². The monoisotopic (exact) mass is 383 g/mol. The third-order valence-corrected chi connectivity index (χ3v) is 4.15. The summed E-state index contributed by atoms with van der Waals surface area (Å²) in [6, 6.07) is 6.56. The van der Waals surface area contributed by atoms with Crippen molar-refractivity contribution in [1.29, 1.82) is 0 Å². The minimum Gasteiger partial charge on any atom is -0.480 e. The van der Waals surface area contributed by atoms with E-state index in [9.17, 15) is 14.4 Å². The number of amides is 2. The number of hydrogen-bond acceptors (Lipinski definition) is 4. The van der Waals surface area contributed by atoms with Crippen LogP contribution >= 0.6 is 12.4 Å². The molecule has 0 spiro atoms. The number of carboxylic acid groups (broad SMARTS) is 1. The molecule has 2 amide bonds. The zero-order valence-electron chi connectivity index (χ0n) is 14.9. The summed E-state index contributed by atoms with van der Waals surface area (Å²) in [7, 11) is 0. The fourth-order valence-corrected chi connectivity index (χ4v) is 2.83. The van der Waals surface area contributed by atoms with Gasteiger partial charge in [-0.3, -0.25) is 14.4 Å². The van der Waals surface area contributed by atoms with Gasteiger partial charge in [0.05, 0.1) is 0 Å². The number of nitrogens with zero attached hydrogens (tertiary/aromatic N) is 1. The van der Waals surface area contributed by atoms with E-state index in [1.807, 2.05) is 19.1 Å². The van der Waals surface area contributed by atoms with Gasteiger partial charge in [-0.15, -0.1) is 12.4 Å². The maximum atomic E-state index is 12.0. The molecule has 1 aliphatic heterocycles. The van der Waals surface area contributed by atoms with Gasteiger partial charge in [0.2, 0.25) is 11.8 Å². The van der Waals surface area contributed by atoms with Gasteiger partial charge in [0.15, 0.2) is 0 Å². The van der Waals surface area contributed by atoms with E-state index in [1.165, 1.54) is 0 Å². The number of benzene rings is 1. The molecular formula is C18H26ClN3O4. The molecule has 26 heavy (non-hydrogen) atoms. The number of hydrogen-bond donors (Lipinski definition) is 3. The van der Waals surface area contributed by atoms with Crippen LogP contribution in [0.1, 0.15) is 39.0 Å². The van der Waals surface area contributed by atoms with E-state index in [0.717, 1.165) is 25.1 Å². The summed E-state index contributed by atoms with van der Waals surface area (Å²) in [5.41, 5.74) is 1.50. The summed E-state index contributed by atoms with van der Waals surface area (Å²) in [6.07, 6.45) is 2.95. The minimum absolute atomic E-state index is 0. The Morgan fingerprint density at radius 3 is 2.50 bits per heavy atom. The molecule has 0 radical (unpaired) electrons. The predicted octanol–water partition coefficient (Wildman–Crippen LogP) is 2.41. The Kier molecular flexibility index (Phi) is 9.09. The van der Waals surface area contributed by atoms with Gasteiger partial charge in [-0.1, -0.05) is 13.3 Å². The zero-order chi connectivity index (χ0) is 18.2. The first kappa shape index (κ1) is 21.9. The average Bonchev–Trinajstić information content (AvgIpc) is 3.00. The Hall–Kier alpha value is -2.12. The molecule has 2 rings (SSSR count). The van der Waals surface area contributed by atoms with Crippen LogP contribution in [-0.4, -0.2) is 42.0 Å². The first-order chi connectivity index (χ1) is 12.0. The Morgan fingerprint density at radius 1 is 1.27 bits per heavy atom. The summed E-state index contributed by atoms with van der Waals surface area (Å²) in [5.74, 6) is -0.949. The molecule has 0 aliphatic carbocycles. The van der Waals surface area contributed by atoms with Crippen LogP contribution in [0.2, 0.25) is 0 Å². The molecule has 1 aliphatic rings. The van der Waals surface area contributed by atoms with Crippen LogP contribution < -0.4 is 15.5 Å². The van der Waals surface area contributed by atoms with E-state index in [2.05, 4.69) is 10.6 Å². The van der Waals surface area contributed by atoms with E-state index in [0.29, 0.717) is 25.1 Å². The quantitative estimate of drug-likeness (QED) is 0.608. The summed E-state index contributed by atoms with van der Waals surface area (Å²) >= 11 is 0. The lowest BCUT2D eigenvalue weighted by atomic mass is 10.1. The van der Waals surface area contributed by atoms with Crippen molar-refractivity contribution in [2.75, 3.05) is 23.3 Å². The maximum Gasteiger partial charge on any atom is 0.320 e. The number of anilines is 2. The molecule has 1 fully saturated rings. The molecule has 1 aromatic carbocycles. The second kappa shape index (κ2) is 10.8. The molecule has 0 bridgehead atoms. The number of halogens is 1. The van der Waals surface area contributed by atoms with Crippen molar-refractivity contribution < 1.29 is 19.5 Å². The van der Waals surface area contributed by atoms with E-state index in [-0.39, 0.29) is 30.6 Å². The van der Waals surface area contributed by atoms with Gasteiger partial charge in [0.1, 0.15) is 6.04 Å². The van der Waals surface area contributed by atoms with Crippen molar-refractivity contribution in [3.63, 3.8) is 0 Å². The summed E-state index contributed by atoms with van der Waals surface area (Å²) < 4.78 is 0. The second-order valence-electron chi connectivity index (χ2n) is 6.13. The molecule has 0 aromatic heterocycles. The van der Waals surface area contributed by atoms with E-state index < -0.39 is 12.0 Å². The summed E-state index contributed by atoms with van der Waals surface area (Å²) in [4.78, 5) is 36.4. The van der Waals surface area contributed by atoms with Crippen LogP contribution in [0.3, 0.4) is 0 Å². The molecule has 8 heteroatoms. The average molecular weight is 384 g/mol. The van der Waals surface area contributed by atoms with Gasteiger partial charge in [0, 0.05) is 37.3 Å². The number of aliphatic carboxylic acids is 1. The van der Waals surface area contributed by atoms with E-state index in [1.54, 1.807) is 17.0 Å². The largest absolute Gasteiger partial charge is 0.480 e. The Morgan fingerprint density at radius 2 is 1.96 bits per heavy atom. The molecule has 1 atom stereocenters. The second-order valence-corrected chi connectivity index (χ2v) is 6.13. The van der Waals surface area contributed by atoms with Crippen molar-refractivity contribution >= 4 is 41.6 Å². The van der Waals surface area contributed by atoms with Crippen molar-refractivity contribution in [3.05, 3.63) is 24.3 Å². The lowest BCUT2D eigenvalue weighted by Gasteiger charge is -2.16. The SMILES string of the molecule is CCCC(NCCC(=O)Nc1ccc(N2CCCC2=O)cc1)C(=O)O.Cl. The van der Waals surface area contributed by atoms with Gasteiger partial charge in [-0.05, 0) is 37.1 Å². The molecule has 3 N–H and O–H groups in total. The molecule has 1 heterocycles. The first-order valence-corrected chi connectivity index (χ1v) is 8.67. The first-order valence-electron chi connectivity index (χ1n) is 8.67. The zero-order valence-corrected chi connectivity index (χ0v) is 15.7. The summed E-state index contributed by atoms with van der Waals surface area (Å²) in [6.45, 7) is 2.96. The lowest BCUT2D eigenvalue weighted by Crippen LogP contribution is -2.38. The highest BCUT2D eigenvalue weighted by atomic mass is 35.5. The van der Waals surface area contributed by atoms with Gasteiger partial charge in [0.25, 0.3) is 0 Å². The van der Waals surface area contributed by atoms with Crippen molar-refractivity contribution in [2.24, 2.45) is 0 Å². The molecular weight excluding hydrogens is 358 g/mol. The van der Waals surface area contributed by atoms with Crippen LogP contribution in [0.4, 0.5) is 11.4 Å². The predicted molar refractivity (Wildman–Crippen MR) is 103 cm³/mol. The number of rotatable bonds is 9. The number of carbonyl (C=O) groups excluding carboxylic acids is 2. The van der Waals surface area contributed by atoms with Crippen LogP contribution in [0.5, 0.6) is 0 Å². The highest BCUT2D eigenvalue weighted by Crippen LogP contribution is 2.23. The standard InChI is InChI=1S/C18H25N3O4.ClH/c1-2-4-15(18(24)25)19-11-10-16(22)20-13-6-8-14(9-7-13)21-12-3-5-17(21)23;/h6-9,15,19H,2-5,10-12H2,1H3,(H,20,22)(H,24,25);1H. The van der Waals surface area contributed by atoms with Gasteiger partial charge in [-0.2, -0.15) is 0 Å². The fourth-order valence-electron chi connectivity index (χ4n) is 2.83. The number of carboxylic acids is 1. The van der Waals surface area contributed by atoms with Crippen molar-refractivity contribution in [1.82, 2.24) is 5.32 Å². The minimum atomic E-state index is -0.894. The number of nitrogens with one attached hydrogen (secondary N) is 2. The molecule has 1 unspecified atom stereocenters. The van der Waals surface area contributed by atoms with Gasteiger partial charge < -0.3 is 20.6 Å². The third kappa shape index (κ3) is 6.31. The third-order valence-electron chi connectivity index (χ3n) is 4.15. The van der Waals surface area contributed by atoms with Crippen LogP contribution in [0, 0.1) is 0 Å². The molecule has 144 valence electrons. The van der Waals surface area contributed by atoms with Gasteiger partial charge >= 0.3 is 5.97 Å². The highest BCUT2D eigenvalue weighted by Gasteiger charge is 2.21. The Labute approximate surface area is 159 Å². The Balaban J connectivity index is 0.00000338. The molecule has 1 aromatic rings. The number of carbonyl (C=O) groups is 3. The van der Waals surface area contributed by atoms with E-state index in [4.69, 9.17) is 5.11 Å². The maximum absolute atomic E-state index is 12.0. The highest BCUT2D eigenvalue weighted by molar-refractivity contribution is 5.96. The lowest BCUT2D eigenvalue weighted by molar-refractivity contribution is -0.139. The van der Waals surface area contributed by atoms with Crippen LogP contribution in [0.15, 0.2) is 24.3 Å². The Bertz CT molecular complexity index is 621. The topological polar surface area (TPSA) is 98.7 Å². The molecule has 0 saturated carbocycles. The molecule has 1 saturated heterocycles. The van der Waals surface area contributed by atoms with Crippen molar-refractivity contribution in [2.45, 2.75) is 45.1 Å².